The van der Waals surface area contributed by atoms with Gasteiger partial charge in [0.15, 0.2) is 0 Å². The summed E-state index contributed by atoms with van der Waals surface area (Å²) in [5, 5.41) is 19.4. The minimum absolute atomic E-state index is 0. The number of nitrogens with one attached hydrogen (secondary N) is 2. The average Bonchev–Trinajstić information content (AvgIpc) is 2.62. The van der Waals surface area contributed by atoms with E-state index in [1.54, 1.807) is 13.8 Å². The van der Waals surface area contributed by atoms with Crippen LogP contribution < -0.4 is 10.2 Å². The third-order valence-corrected chi connectivity index (χ3v) is 3.05. The van der Waals surface area contributed by atoms with E-state index in [-0.39, 0.29) is 46.4 Å². The molecule has 2 N–H and O–H groups in total. The Morgan fingerprint density at radius 2 is 1.10 bits per heavy atom. The second-order valence-electron chi connectivity index (χ2n) is 5.31. The van der Waals surface area contributed by atoms with E-state index in [0.29, 0.717) is 12.2 Å². The second kappa shape index (κ2) is 20.7. The Balaban J connectivity index is -0.000000345. The Morgan fingerprint density at radius 3 is 1.31 bits per heavy atom. The molecule has 0 bridgehead atoms. The zero-order valence-electron chi connectivity index (χ0n) is 16.3. The van der Waals surface area contributed by atoms with Crippen LogP contribution in [-0.2, 0) is 49.7 Å². The van der Waals surface area contributed by atoms with Crippen LogP contribution in [0, 0.1) is 0 Å². The van der Waals surface area contributed by atoms with E-state index in [2.05, 4.69) is 9.47 Å². The zero-order valence-corrected chi connectivity index (χ0v) is 18.6. The molecule has 0 amide bonds. The van der Waals surface area contributed by atoms with Gasteiger partial charge in [-0.3, -0.25) is 0 Å². The summed E-state index contributed by atoms with van der Waals surface area (Å²) in [6.45, 7) is 3.72. The number of ether oxygens (including phenoxy) is 2. The number of carboxylic acid groups (broad SMARTS) is 2. The predicted molar refractivity (Wildman–Crippen MR) is 96.2 cm³/mol. The molecule has 1 aliphatic carbocycles. The number of carbonyl (C=O) groups is 4. The summed E-state index contributed by atoms with van der Waals surface area (Å²) in [7, 11) is 0. The van der Waals surface area contributed by atoms with E-state index in [1.165, 1.54) is 12.8 Å². The van der Waals surface area contributed by atoms with E-state index in [0.717, 1.165) is 25.0 Å². The zero-order chi connectivity index (χ0) is 21.9. The Bertz CT molecular complexity index is 504. The number of rotatable bonds is 6. The van der Waals surface area contributed by atoms with Gasteiger partial charge < -0.3 is 40.7 Å². The van der Waals surface area contributed by atoms with Crippen LogP contribution >= 0.6 is 0 Å². The number of aliphatic carboxylic acids is 2. The molecule has 0 spiro atoms. The van der Waals surface area contributed by atoms with Gasteiger partial charge >= 0.3 is 33.0 Å². The third kappa shape index (κ3) is 23.9. The monoisotopic (exact) mass is 593 g/mol. The van der Waals surface area contributed by atoms with E-state index in [9.17, 15) is 29.4 Å². The van der Waals surface area contributed by atoms with Gasteiger partial charge in [-0.2, -0.15) is 12.1 Å². The molecular weight excluding hydrogens is 567 g/mol. The van der Waals surface area contributed by atoms with E-state index in [1.807, 2.05) is 0 Å². The maximum Gasteiger partial charge on any atom is 4.00 e. The van der Waals surface area contributed by atoms with Gasteiger partial charge in [0.2, 0.25) is 0 Å². The molecule has 10 nitrogen and oxygen atoms in total. The van der Waals surface area contributed by atoms with Crippen molar-refractivity contribution in [2.24, 2.45) is 0 Å². The molecule has 0 aliphatic heterocycles. The van der Waals surface area contributed by atoms with Gasteiger partial charge in [0.25, 0.3) is 0 Å². The molecule has 2 unspecified atom stereocenters. The quantitative estimate of drug-likeness (QED) is 0.307. The van der Waals surface area contributed by atoms with Crippen LogP contribution in [0.15, 0.2) is 24.3 Å². The van der Waals surface area contributed by atoms with Crippen LogP contribution in [0.4, 0.5) is 0 Å². The van der Waals surface area contributed by atoms with E-state index in [4.69, 9.17) is 11.5 Å². The van der Waals surface area contributed by atoms with Gasteiger partial charge in [0, 0.05) is 12.2 Å². The van der Waals surface area contributed by atoms with Crippen molar-refractivity contribution >= 4 is 23.9 Å². The van der Waals surface area contributed by atoms with E-state index < -0.39 is 23.9 Å². The van der Waals surface area contributed by atoms with Gasteiger partial charge in [0.05, 0.1) is 25.2 Å². The smallest absolute Gasteiger partial charge is 0.676 e. The van der Waals surface area contributed by atoms with E-state index >= 15 is 0 Å². The first kappa shape index (κ1) is 31.7. The van der Waals surface area contributed by atoms with Gasteiger partial charge in [-0.25, -0.2) is 9.59 Å². The molecule has 0 aromatic heterocycles. The number of carboxylic acids is 2. The minimum atomic E-state index is -1.41. The molecule has 11 heteroatoms. The van der Waals surface area contributed by atoms with Crippen LogP contribution in [-0.4, -0.2) is 49.2 Å². The minimum Gasteiger partial charge on any atom is -0.676 e. The first-order valence-corrected chi connectivity index (χ1v) is 8.67. The summed E-state index contributed by atoms with van der Waals surface area (Å²) in [5.41, 5.74) is 14.6. The molecule has 0 saturated heterocycles. The maximum atomic E-state index is 10.3. The van der Waals surface area contributed by atoms with Crippen LogP contribution in [0.3, 0.4) is 0 Å². The second-order valence-corrected chi connectivity index (χ2v) is 5.31. The molecule has 0 radical (unpaired) electrons. The Morgan fingerprint density at radius 1 is 0.793 bits per heavy atom. The van der Waals surface area contributed by atoms with Crippen molar-refractivity contribution < 1.29 is 59.9 Å². The normalized spacial score (nSPS) is 17.7. The van der Waals surface area contributed by atoms with Crippen LogP contribution in [0.2, 0.25) is 0 Å². The molecule has 1 aliphatic rings. The summed E-state index contributed by atoms with van der Waals surface area (Å²) in [6.07, 6.45) is 7.10. The van der Waals surface area contributed by atoms with Crippen molar-refractivity contribution in [2.75, 3.05) is 13.2 Å². The molecule has 1 rings (SSSR count). The fourth-order valence-corrected chi connectivity index (χ4v) is 1.78. The fraction of sp³-hybridized carbons (Fsp3) is 0.556. The van der Waals surface area contributed by atoms with Crippen LogP contribution in [0.25, 0.3) is 11.5 Å². The van der Waals surface area contributed by atoms with Crippen molar-refractivity contribution in [2.45, 2.75) is 51.6 Å². The molecule has 29 heavy (non-hydrogen) atoms. The number of hydrogen-bond donors (Lipinski definition) is 0. The molecule has 166 valence electrons. The van der Waals surface area contributed by atoms with Gasteiger partial charge in [-0.05, 0) is 26.0 Å². The number of hydrogen-bond acceptors (Lipinski definition) is 8. The van der Waals surface area contributed by atoms with Crippen molar-refractivity contribution in [3.63, 3.8) is 0 Å². The molecule has 2 atom stereocenters. The van der Waals surface area contributed by atoms with Gasteiger partial charge in [0.1, 0.15) is 0 Å². The Hall–Kier alpha value is -2.03. The van der Waals surface area contributed by atoms with Gasteiger partial charge in [-0.15, -0.1) is 0 Å². The first-order chi connectivity index (χ1) is 13.1. The molecule has 0 aromatic rings. The van der Waals surface area contributed by atoms with Crippen molar-refractivity contribution in [3.05, 3.63) is 35.8 Å². The summed E-state index contributed by atoms with van der Waals surface area (Å²) >= 11 is 0. The van der Waals surface area contributed by atoms with Crippen molar-refractivity contribution in [1.82, 2.24) is 0 Å². The van der Waals surface area contributed by atoms with Crippen LogP contribution in [0.1, 0.15) is 39.5 Å². The van der Waals surface area contributed by atoms with Crippen molar-refractivity contribution in [3.8, 4) is 0 Å². The molecule has 1 fully saturated rings. The molecular formula is C18H26N2O8Pt. The molecule has 0 heterocycles. The first-order valence-electron chi connectivity index (χ1n) is 8.67. The summed E-state index contributed by atoms with van der Waals surface area (Å²) < 4.78 is 8.75. The van der Waals surface area contributed by atoms with Gasteiger partial charge in [-0.1, -0.05) is 25.7 Å². The fourth-order valence-electron chi connectivity index (χ4n) is 1.78. The third-order valence-electron chi connectivity index (χ3n) is 3.05. The Kier molecular flexibility index (Phi) is 22.6. The number of carbonyl (C=O) groups excluding carboxylic acids is 4. The average molecular weight is 593 g/mol. The number of esters is 2. The predicted octanol–water partition coefficient (Wildman–Crippen LogP) is 0.111. The summed E-state index contributed by atoms with van der Waals surface area (Å²) in [6, 6.07) is -0.160. The largest absolute Gasteiger partial charge is 4.00 e. The Labute approximate surface area is 184 Å². The summed E-state index contributed by atoms with van der Waals surface area (Å²) in [4.78, 5) is 40.1. The van der Waals surface area contributed by atoms with Crippen LogP contribution in [0.5, 0.6) is 0 Å². The van der Waals surface area contributed by atoms with Crippen molar-refractivity contribution in [1.29, 1.82) is 0 Å². The molecule has 0 aromatic carbocycles. The molecule has 1 saturated carbocycles. The maximum absolute atomic E-state index is 10.3. The SMILES string of the molecule is CCOC(=O)/C=C/C(=O)[O-].CCOC(=O)/C=C/C(=O)[O-].[NH-]C1CCCCC1[NH-].[Pt+4]. The summed E-state index contributed by atoms with van der Waals surface area (Å²) in [5.74, 6) is -4.17. The standard InChI is InChI=1S/C6H12N2.2C6H8O4.Pt/c7-5-3-1-2-4-6(5)8;2*1-2-10-6(9)4-3-5(7)8;/h5-8H,1-4H2;2*3-4H,2H2,1H3,(H,7,8);/q-2;;;+4/p-2/b;2*4-3+;. The topological polar surface area (TPSA) is 180 Å².